The van der Waals surface area contributed by atoms with E-state index < -0.39 is 18.1 Å². The van der Waals surface area contributed by atoms with E-state index >= 15 is 0 Å². The first-order chi connectivity index (χ1) is 18.5. The fourth-order valence-electron chi connectivity index (χ4n) is 2.74. The van der Waals surface area contributed by atoms with Crippen LogP contribution in [0, 0.1) is 0 Å². The van der Waals surface area contributed by atoms with Crippen molar-refractivity contribution in [2.45, 2.75) is 52.5 Å². The van der Waals surface area contributed by atoms with E-state index in [0.29, 0.717) is 19.7 Å². The third-order valence-electron chi connectivity index (χ3n) is 4.81. The molecule has 2 aromatic rings. The summed E-state index contributed by atoms with van der Waals surface area (Å²) >= 11 is 0. The van der Waals surface area contributed by atoms with Crippen LogP contribution in [0.15, 0.2) is 60.7 Å². The first kappa shape index (κ1) is 38.3. The molecule has 3 atom stereocenters. The van der Waals surface area contributed by atoms with E-state index in [-0.39, 0.29) is 37.8 Å². The molecular formula is C28H45N5O7. The molecular weight excluding hydrogens is 518 g/mol. The first-order valence-electron chi connectivity index (χ1n) is 12.2. The van der Waals surface area contributed by atoms with E-state index in [0.717, 1.165) is 11.1 Å². The number of hydrogen-bond donors (Lipinski definition) is 5. The zero-order chi connectivity index (χ0) is 29.6. The summed E-state index contributed by atoms with van der Waals surface area (Å²) < 4.78 is 9.64. The molecule has 0 aliphatic rings. The Labute approximate surface area is 236 Å². The Morgan fingerprint density at radius 1 is 0.850 bits per heavy atom. The number of nitrogens with two attached hydrogens (primary N) is 1. The summed E-state index contributed by atoms with van der Waals surface area (Å²) in [5.41, 5.74) is 11.4. The lowest BCUT2D eigenvalue weighted by molar-refractivity contribution is -0.409. The third kappa shape index (κ3) is 19.3. The number of rotatable bonds is 12. The zero-order valence-electron chi connectivity index (χ0n) is 23.0. The monoisotopic (exact) mass is 563 g/mol. The molecule has 8 N–H and O–H groups in total. The second-order valence-corrected chi connectivity index (χ2v) is 8.36. The fraction of sp³-hybridized carbons (Fsp3) is 0.429. The zero-order valence-corrected chi connectivity index (χ0v) is 23.0. The Morgan fingerprint density at radius 3 is 1.62 bits per heavy atom. The number of carbonyl (C=O) groups excluding carboxylic acids is 4. The molecule has 40 heavy (non-hydrogen) atoms. The molecule has 0 saturated carbocycles. The van der Waals surface area contributed by atoms with Crippen molar-refractivity contribution in [3.8, 4) is 0 Å². The Balaban J connectivity index is 0. The van der Waals surface area contributed by atoms with Crippen LogP contribution < -0.4 is 32.5 Å². The lowest BCUT2D eigenvalue weighted by atomic mass is 10.2. The summed E-state index contributed by atoms with van der Waals surface area (Å²) in [4.78, 5) is 42.9. The van der Waals surface area contributed by atoms with E-state index in [1.165, 1.54) is 21.0 Å². The van der Waals surface area contributed by atoms with Gasteiger partial charge in [0.05, 0.1) is 18.6 Å². The second kappa shape index (κ2) is 23.1. The SMILES string of the molecule is C.CC(=O)N[C@@H](C)C(=O)[O-].COCC(N)C(=O)NCc1ccccc1.COC[C@@H]([NH3+])C(=O)NCc1ccccc1. The van der Waals surface area contributed by atoms with Gasteiger partial charge in [0.1, 0.15) is 12.6 Å². The highest BCUT2D eigenvalue weighted by Crippen LogP contribution is 1.98. The van der Waals surface area contributed by atoms with Crippen LogP contribution in [0.2, 0.25) is 0 Å². The predicted octanol–water partition coefficient (Wildman–Crippen LogP) is -1.27. The quantitative estimate of drug-likeness (QED) is 0.210. The highest BCUT2D eigenvalue weighted by Gasteiger charge is 2.15. The maximum Gasteiger partial charge on any atom is 0.280 e. The van der Waals surface area contributed by atoms with Gasteiger partial charge >= 0.3 is 0 Å². The molecule has 0 fully saturated rings. The van der Waals surface area contributed by atoms with Crippen LogP contribution in [-0.2, 0) is 41.7 Å². The van der Waals surface area contributed by atoms with Gasteiger partial charge in [-0.3, -0.25) is 14.4 Å². The van der Waals surface area contributed by atoms with E-state index in [4.69, 9.17) is 15.2 Å². The molecule has 224 valence electrons. The number of benzene rings is 2. The van der Waals surface area contributed by atoms with E-state index in [9.17, 15) is 24.3 Å². The number of ether oxygens (including phenoxy) is 2. The molecule has 2 aromatic carbocycles. The van der Waals surface area contributed by atoms with Crippen LogP contribution in [0.1, 0.15) is 32.4 Å². The molecule has 0 aliphatic carbocycles. The molecule has 0 bridgehead atoms. The minimum atomic E-state index is -1.27. The van der Waals surface area contributed by atoms with Crippen molar-refractivity contribution in [1.29, 1.82) is 0 Å². The number of nitrogens with one attached hydrogen (secondary N) is 3. The summed E-state index contributed by atoms with van der Waals surface area (Å²) in [6, 6.07) is 17.6. The van der Waals surface area contributed by atoms with Gasteiger partial charge < -0.3 is 46.8 Å². The maximum atomic E-state index is 11.5. The van der Waals surface area contributed by atoms with Gasteiger partial charge in [0, 0.05) is 34.2 Å². The standard InChI is InChI=1S/2C11H16N2O2.C5H9NO3.CH4/c2*1-15-8-10(12)11(14)13-7-9-5-3-2-4-6-9;1-3(5(8)9)6-4(2)7;/h2*2-6,10H,7-8,12H2,1H3,(H,13,14);3H,1-2H3,(H,6,7)(H,8,9);1H4/t10-;;3-;/m1.0./s1. The van der Waals surface area contributed by atoms with Crippen LogP contribution in [-0.4, -0.2) is 69.2 Å². The molecule has 2 rings (SSSR count). The van der Waals surface area contributed by atoms with Gasteiger partial charge in [-0.2, -0.15) is 0 Å². The molecule has 12 heteroatoms. The van der Waals surface area contributed by atoms with E-state index in [1.807, 2.05) is 60.7 Å². The number of carboxylic acids is 1. The average molecular weight is 564 g/mol. The highest BCUT2D eigenvalue weighted by atomic mass is 16.5. The van der Waals surface area contributed by atoms with E-state index in [2.05, 4.69) is 21.7 Å². The smallest absolute Gasteiger partial charge is 0.280 e. The number of carbonyl (C=O) groups is 4. The Morgan fingerprint density at radius 2 is 1.27 bits per heavy atom. The molecule has 1 unspecified atom stereocenters. The number of amides is 3. The Bertz CT molecular complexity index is 914. The van der Waals surface area contributed by atoms with Crippen molar-refractivity contribution in [2.24, 2.45) is 5.73 Å². The Kier molecular flexibility index (Phi) is 22.1. The van der Waals surface area contributed by atoms with Crippen LogP contribution in [0.4, 0.5) is 0 Å². The second-order valence-electron chi connectivity index (χ2n) is 8.36. The number of aliphatic carboxylic acids is 1. The summed E-state index contributed by atoms with van der Waals surface area (Å²) in [6.07, 6.45) is 0. The van der Waals surface area contributed by atoms with Gasteiger partial charge in [0.15, 0.2) is 6.04 Å². The lowest BCUT2D eigenvalue weighted by Gasteiger charge is -2.11. The van der Waals surface area contributed by atoms with Gasteiger partial charge in [0.2, 0.25) is 11.8 Å². The van der Waals surface area contributed by atoms with Crippen LogP contribution in [0.25, 0.3) is 0 Å². The number of quaternary nitrogens is 1. The van der Waals surface area contributed by atoms with Crippen LogP contribution >= 0.6 is 0 Å². The average Bonchev–Trinajstić information content (AvgIpc) is 2.92. The molecule has 0 spiro atoms. The van der Waals surface area contributed by atoms with Crippen molar-refractivity contribution in [3.63, 3.8) is 0 Å². The van der Waals surface area contributed by atoms with Gasteiger partial charge in [0.25, 0.3) is 5.91 Å². The minimum absolute atomic E-state index is 0. The maximum absolute atomic E-state index is 11.5. The van der Waals surface area contributed by atoms with Crippen LogP contribution in [0.3, 0.4) is 0 Å². The molecule has 0 saturated heterocycles. The number of carboxylic acid groups (broad SMARTS) is 1. The van der Waals surface area contributed by atoms with Crippen molar-refractivity contribution < 1.29 is 39.5 Å². The van der Waals surface area contributed by atoms with Gasteiger partial charge in [-0.1, -0.05) is 68.1 Å². The lowest BCUT2D eigenvalue weighted by Crippen LogP contribution is -2.69. The fourth-order valence-corrected chi connectivity index (χ4v) is 2.74. The normalized spacial score (nSPS) is 11.8. The predicted molar refractivity (Wildman–Crippen MR) is 150 cm³/mol. The first-order valence-corrected chi connectivity index (χ1v) is 12.2. The van der Waals surface area contributed by atoms with Crippen molar-refractivity contribution in [2.75, 3.05) is 27.4 Å². The topological polar surface area (TPSA) is 200 Å². The summed E-state index contributed by atoms with van der Waals surface area (Å²) in [5.74, 6) is -1.92. The summed E-state index contributed by atoms with van der Waals surface area (Å²) in [5, 5.41) is 17.6. The van der Waals surface area contributed by atoms with Crippen molar-refractivity contribution >= 4 is 23.7 Å². The van der Waals surface area contributed by atoms with Gasteiger partial charge in [-0.05, 0) is 18.1 Å². The Hall–Kier alpha value is -3.84. The van der Waals surface area contributed by atoms with Crippen molar-refractivity contribution in [3.05, 3.63) is 71.8 Å². The molecule has 0 radical (unpaired) electrons. The number of methoxy groups -OCH3 is 2. The summed E-state index contributed by atoms with van der Waals surface area (Å²) in [6.45, 7) is 4.21. The van der Waals surface area contributed by atoms with Crippen molar-refractivity contribution in [1.82, 2.24) is 16.0 Å². The molecule has 0 heterocycles. The summed E-state index contributed by atoms with van der Waals surface area (Å²) in [7, 11) is 3.08. The molecule has 0 aliphatic heterocycles. The van der Waals surface area contributed by atoms with Gasteiger partial charge in [-0.25, -0.2) is 0 Å². The van der Waals surface area contributed by atoms with E-state index in [1.54, 1.807) is 7.11 Å². The number of hydrogen-bond acceptors (Lipinski definition) is 8. The molecule has 3 amide bonds. The largest absolute Gasteiger partial charge is 0.548 e. The molecule has 0 aromatic heterocycles. The third-order valence-corrected chi connectivity index (χ3v) is 4.81. The molecule has 12 nitrogen and oxygen atoms in total. The highest BCUT2D eigenvalue weighted by molar-refractivity contribution is 5.81. The van der Waals surface area contributed by atoms with Crippen LogP contribution in [0.5, 0.6) is 0 Å². The minimum Gasteiger partial charge on any atom is -0.548 e. The van der Waals surface area contributed by atoms with Gasteiger partial charge in [-0.15, -0.1) is 0 Å².